The van der Waals surface area contributed by atoms with Crippen LogP contribution in [0.4, 0.5) is 4.39 Å². The first kappa shape index (κ1) is 13.1. The Bertz CT molecular complexity index is 570. The van der Waals surface area contributed by atoms with Crippen molar-refractivity contribution in [3.8, 4) is 0 Å². The van der Waals surface area contributed by atoms with Gasteiger partial charge in [0.15, 0.2) is 0 Å². The lowest BCUT2D eigenvalue weighted by Gasteiger charge is -2.35. The second-order valence-electron chi connectivity index (χ2n) is 6.02. The third kappa shape index (κ3) is 2.07. The van der Waals surface area contributed by atoms with Crippen molar-refractivity contribution in [2.45, 2.75) is 32.7 Å². The van der Waals surface area contributed by atoms with Crippen LogP contribution >= 0.6 is 0 Å². The van der Waals surface area contributed by atoms with Crippen molar-refractivity contribution in [3.63, 3.8) is 0 Å². The number of rotatable bonds is 1. The molecular formula is C15H18FN3O. The van der Waals surface area contributed by atoms with E-state index >= 15 is 0 Å². The normalized spacial score (nSPS) is 24.8. The summed E-state index contributed by atoms with van der Waals surface area (Å²) in [6, 6.07) is 1.18. The summed E-state index contributed by atoms with van der Waals surface area (Å²) in [4.78, 5) is 16.6. The fraction of sp³-hybridized carbons (Fsp3) is 0.467. The van der Waals surface area contributed by atoms with E-state index in [9.17, 15) is 9.18 Å². The highest BCUT2D eigenvalue weighted by Crippen LogP contribution is 2.38. The van der Waals surface area contributed by atoms with Crippen LogP contribution in [-0.2, 0) is 4.79 Å². The first-order chi connectivity index (χ1) is 9.49. The minimum Gasteiger partial charge on any atom is -0.290 e. The van der Waals surface area contributed by atoms with Gasteiger partial charge in [0.05, 0.1) is 12.2 Å². The molecule has 106 valence electrons. The lowest BCUT2D eigenvalue weighted by atomic mass is 9.86. The number of nitrogens with zero attached hydrogens (tertiary/aromatic N) is 3. The molecule has 1 atom stereocenters. The predicted octanol–water partition coefficient (Wildman–Crippen LogP) is 2.65. The maximum absolute atomic E-state index is 13.4. The fourth-order valence-corrected chi connectivity index (χ4v) is 2.86. The van der Waals surface area contributed by atoms with E-state index in [0.29, 0.717) is 5.56 Å². The summed E-state index contributed by atoms with van der Waals surface area (Å²) in [7, 11) is 0. The van der Waals surface area contributed by atoms with Gasteiger partial charge < -0.3 is 0 Å². The summed E-state index contributed by atoms with van der Waals surface area (Å²) in [5.74, 6) is -0.301. The summed E-state index contributed by atoms with van der Waals surface area (Å²) in [6.07, 6.45) is 8.46. The van der Waals surface area contributed by atoms with Gasteiger partial charge in [-0.3, -0.25) is 14.8 Å². The average Bonchev–Trinajstić information content (AvgIpc) is 2.77. The van der Waals surface area contributed by atoms with Gasteiger partial charge in [0.2, 0.25) is 5.91 Å². The third-order valence-corrected chi connectivity index (χ3v) is 4.02. The van der Waals surface area contributed by atoms with Crippen LogP contribution in [0.3, 0.4) is 0 Å². The lowest BCUT2D eigenvalue weighted by Crippen LogP contribution is -2.45. The molecule has 1 saturated heterocycles. The van der Waals surface area contributed by atoms with Gasteiger partial charge >= 0.3 is 0 Å². The van der Waals surface area contributed by atoms with Crippen molar-refractivity contribution in [2.24, 2.45) is 5.41 Å². The highest BCUT2D eigenvalue weighted by atomic mass is 19.1. The Labute approximate surface area is 117 Å². The number of hydrazine groups is 1. The van der Waals surface area contributed by atoms with E-state index in [4.69, 9.17) is 0 Å². The largest absolute Gasteiger partial charge is 0.290 e. The van der Waals surface area contributed by atoms with Crippen LogP contribution in [0.15, 0.2) is 30.7 Å². The average molecular weight is 275 g/mol. The van der Waals surface area contributed by atoms with Gasteiger partial charge in [-0.05, 0) is 25.0 Å². The van der Waals surface area contributed by atoms with E-state index in [2.05, 4.69) is 4.98 Å². The highest BCUT2D eigenvalue weighted by molar-refractivity contribution is 5.82. The molecule has 1 aromatic heterocycles. The van der Waals surface area contributed by atoms with Gasteiger partial charge in [0.1, 0.15) is 5.82 Å². The number of fused-ring (bicyclic) bond motifs is 1. The SMILES string of the molecule is CC1(C)CCCN2C=CC(c3cncc(F)c3)N2C1=O. The molecule has 2 aliphatic rings. The monoisotopic (exact) mass is 275 g/mol. The Balaban J connectivity index is 1.98. The number of carbonyl (C=O) groups excluding carboxylic acids is 1. The van der Waals surface area contributed by atoms with Crippen LogP contribution < -0.4 is 0 Å². The molecule has 0 aliphatic carbocycles. The highest BCUT2D eigenvalue weighted by Gasteiger charge is 2.42. The van der Waals surface area contributed by atoms with Crippen LogP contribution in [0, 0.1) is 11.2 Å². The summed E-state index contributed by atoms with van der Waals surface area (Å²) in [5.41, 5.74) is 0.314. The van der Waals surface area contributed by atoms with Gasteiger partial charge in [-0.25, -0.2) is 9.40 Å². The van der Waals surface area contributed by atoms with Gasteiger partial charge in [-0.1, -0.05) is 13.8 Å². The summed E-state index contributed by atoms with van der Waals surface area (Å²) < 4.78 is 13.4. The van der Waals surface area contributed by atoms with Crippen molar-refractivity contribution >= 4 is 5.91 Å². The molecule has 20 heavy (non-hydrogen) atoms. The Kier molecular flexibility index (Phi) is 3.00. The molecule has 0 radical (unpaired) electrons. The summed E-state index contributed by atoms with van der Waals surface area (Å²) in [5, 5.41) is 3.68. The predicted molar refractivity (Wildman–Crippen MR) is 72.6 cm³/mol. The van der Waals surface area contributed by atoms with Crippen molar-refractivity contribution in [1.82, 2.24) is 15.0 Å². The van der Waals surface area contributed by atoms with Crippen LogP contribution in [0.25, 0.3) is 0 Å². The summed E-state index contributed by atoms with van der Waals surface area (Å²) >= 11 is 0. The number of amides is 1. The number of hydrogen-bond donors (Lipinski definition) is 0. The molecular weight excluding hydrogens is 257 g/mol. The summed E-state index contributed by atoms with van der Waals surface area (Å²) in [6.45, 7) is 4.75. The zero-order chi connectivity index (χ0) is 14.3. The molecule has 4 nitrogen and oxygen atoms in total. The molecule has 0 bridgehead atoms. The standard InChI is InChI=1S/C15H18FN3O/c1-15(2)5-3-6-18-7-4-13(19(18)14(15)20)11-8-12(16)10-17-9-11/h4,7-10,13H,3,5-6H2,1-2H3. The molecule has 1 aromatic rings. The Morgan fingerprint density at radius 1 is 1.40 bits per heavy atom. The zero-order valence-electron chi connectivity index (χ0n) is 11.7. The molecule has 0 spiro atoms. The number of pyridine rings is 1. The molecule has 5 heteroatoms. The first-order valence-corrected chi connectivity index (χ1v) is 6.88. The van der Waals surface area contributed by atoms with Crippen LogP contribution in [-0.4, -0.2) is 27.5 Å². The molecule has 0 N–H and O–H groups in total. The second-order valence-corrected chi connectivity index (χ2v) is 6.02. The van der Waals surface area contributed by atoms with Crippen LogP contribution in [0.2, 0.25) is 0 Å². The first-order valence-electron chi connectivity index (χ1n) is 6.88. The molecule has 1 unspecified atom stereocenters. The van der Waals surface area contributed by atoms with E-state index in [1.54, 1.807) is 11.2 Å². The van der Waals surface area contributed by atoms with Gasteiger partial charge in [0, 0.05) is 29.9 Å². The third-order valence-electron chi connectivity index (χ3n) is 4.02. The van der Waals surface area contributed by atoms with E-state index < -0.39 is 0 Å². The Morgan fingerprint density at radius 2 is 2.20 bits per heavy atom. The zero-order valence-corrected chi connectivity index (χ0v) is 11.7. The molecule has 3 rings (SSSR count). The smallest absolute Gasteiger partial charge is 0.247 e. The number of halogens is 1. The molecule has 1 fully saturated rings. The Hall–Kier alpha value is -1.91. The molecule has 1 amide bonds. The Morgan fingerprint density at radius 3 is 2.95 bits per heavy atom. The van der Waals surface area contributed by atoms with E-state index in [0.717, 1.165) is 19.4 Å². The van der Waals surface area contributed by atoms with Crippen molar-refractivity contribution in [1.29, 1.82) is 0 Å². The quantitative estimate of drug-likeness (QED) is 0.790. The van der Waals surface area contributed by atoms with E-state index in [-0.39, 0.29) is 23.2 Å². The molecule has 0 aromatic carbocycles. The van der Waals surface area contributed by atoms with Gasteiger partial charge in [-0.15, -0.1) is 0 Å². The van der Waals surface area contributed by atoms with Crippen molar-refractivity contribution in [2.75, 3.05) is 6.54 Å². The molecule has 0 saturated carbocycles. The maximum Gasteiger partial charge on any atom is 0.247 e. The van der Waals surface area contributed by atoms with Crippen LogP contribution in [0.1, 0.15) is 38.3 Å². The van der Waals surface area contributed by atoms with Gasteiger partial charge in [-0.2, -0.15) is 0 Å². The van der Waals surface area contributed by atoms with Crippen molar-refractivity contribution in [3.05, 3.63) is 42.1 Å². The number of aromatic nitrogens is 1. The number of hydrogen-bond acceptors (Lipinski definition) is 3. The number of carbonyl (C=O) groups is 1. The van der Waals surface area contributed by atoms with Crippen molar-refractivity contribution < 1.29 is 9.18 Å². The van der Waals surface area contributed by atoms with E-state index in [1.807, 2.05) is 31.1 Å². The maximum atomic E-state index is 13.4. The fourth-order valence-electron chi connectivity index (χ4n) is 2.86. The van der Waals surface area contributed by atoms with E-state index in [1.165, 1.54) is 12.3 Å². The second kappa shape index (κ2) is 4.58. The minimum absolute atomic E-state index is 0.0780. The van der Waals surface area contributed by atoms with Gasteiger partial charge in [0.25, 0.3) is 0 Å². The van der Waals surface area contributed by atoms with Crippen LogP contribution in [0.5, 0.6) is 0 Å². The lowest BCUT2D eigenvalue weighted by molar-refractivity contribution is -0.153. The molecule has 3 heterocycles. The minimum atomic E-state index is -0.389. The molecule has 2 aliphatic heterocycles. The topological polar surface area (TPSA) is 36.4 Å².